The van der Waals surface area contributed by atoms with E-state index in [2.05, 4.69) is 67.0 Å². The maximum absolute atomic E-state index is 12.7. The van der Waals surface area contributed by atoms with Crippen molar-refractivity contribution in [1.29, 1.82) is 0 Å². The Morgan fingerprint density at radius 1 is 1.21 bits per heavy atom. The van der Waals surface area contributed by atoms with Crippen LogP contribution in [0.25, 0.3) is 5.82 Å². The molecule has 24 heavy (non-hydrogen) atoms. The van der Waals surface area contributed by atoms with E-state index in [0.29, 0.717) is 12.6 Å². The van der Waals surface area contributed by atoms with E-state index in [4.69, 9.17) is 5.10 Å². The predicted octanol–water partition coefficient (Wildman–Crippen LogP) is 3.80. The smallest absolute Gasteiger partial charge is 0.159 e. The van der Waals surface area contributed by atoms with Crippen LogP contribution in [0, 0.1) is 13.8 Å². The van der Waals surface area contributed by atoms with Gasteiger partial charge in [-0.3, -0.25) is 9.58 Å². The van der Waals surface area contributed by atoms with Gasteiger partial charge in [0.1, 0.15) is 6.67 Å². The molecule has 1 aliphatic rings. The molecule has 0 N–H and O–H groups in total. The molecule has 3 rings (SSSR count). The van der Waals surface area contributed by atoms with Crippen molar-refractivity contribution in [1.82, 2.24) is 19.2 Å². The molecule has 132 valence electrons. The molecule has 0 saturated carbocycles. The number of halogens is 1. The largest absolute Gasteiger partial charge is 0.302 e. The summed E-state index contributed by atoms with van der Waals surface area (Å²) in [4.78, 5) is 2.20. The van der Waals surface area contributed by atoms with E-state index < -0.39 is 0 Å². The second kappa shape index (κ2) is 6.36. The van der Waals surface area contributed by atoms with Gasteiger partial charge in [-0.1, -0.05) is 20.8 Å². The van der Waals surface area contributed by atoms with E-state index in [1.807, 2.05) is 0 Å². The minimum absolute atomic E-state index is 0.0215. The number of hydrogen-bond donors (Lipinski definition) is 0. The van der Waals surface area contributed by atoms with Gasteiger partial charge in [0.15, 0.2) is 5.82 Å². The van der Waals surface area contributed by atoms with Crippen LogP contribution in [0.5, 0.6) is 0 Å². The van der Waals surface area contributed by atoms with Gasteiger partial charge in [-0.05, 0) is 32.4 Å². The number of likely N-dealkylation sites (tertiary alicyclic amines) is 1. The van der Waals surface area contributed by atoms with Gasteiger partial charge in [0.2, 0.25) is 0 Å². The van der Waals surface area contributed by atoms with Crippen molar-refractivity contribution in [3.05, 3.63) is 35.3 Å². The molecule has 0 aliphatic carbocycles. The third-order valence-electron chi connectivity index (χ3n) is 4.99. The highest BCUT2D eigenvalue weighted by Gasteiger charge is 2.30. The highest BCUT2D eigenvalue weighted by molar-refractivity contribution is 5.35. The van der Waals surface area contributed by atoms with E-state index in [-0.39, 0.29) is 12.1 Å². The monoisotopic (exact) mass is 332 g/mol. The molecular formula is C19H29FN4. The first-order valence-electron chi connectivity index (χ1n) is 8.85. The fraction of sp³-hybridized carbons (Fsp3) is 0.632. The summed E-state index contributed by atoms with van der Waals surface area (Å²) in [5.74, 6) is 0.990. The highest BCUT2D eigenvalue weighted by Crippen LogP contribution is 2.31. The topological polar surface area (TPSA) is 26.0 Å². The van der Waals surface area contributed by atoms with Crippen LogP contribution >= 0.6 is 0 Å². The molecule has 0 radical (unpaired) electrons. The number of aromatic nitrogens is 3. The van der Waals surface area contributed by atoms with Gasteiger partial charge in [-0.2, -0.15) is 5.10 Å². The summed E-state index contributed by atoms with van der Waals surface area (Å²) in [6.45, 7) is 13.0. The van der Waals surface area contributed by atoms with Crippen LogP contribution in [0.3, 0.4) is 0 Å². The molecule has 1 fully saturated rings. The van der Waals surface area contributed by atoms with Crippen LogP contribution in [0.1, 0.15) is 50.3 Å². The second-order valence-electron chi connectivity index (χ2n) is 7.97. The Morgan fingerprint density at radius 2 is 1.88 bits per heavy atom. The Balaban J connectivity index is 2.00. The fourth-order valence-electron chi connectivity index (χ4n) is 3.69. The minimum Gasteiger partial charge on any atom is -0.302 e. The molecule has 2 aromatic rings. The van der Waals surface area contributed by atoms with Crippen LogP contribution < -0.4 is 0 Å². The summed E-state index contributed by atoms with van der Waals surface area (Å²) < 4.78 is 17.1. The molecule has 1 saturated heterocycles. The lowest BCUT2D eigenvalue weighted by molar-refractivity contribution is 0.282. The first-order valence-corrected chi connectivity index (χ1v) is 8.85. The van der Waals surface area contributed by atoms with E-state index in [1.165, 1.54) is 17.1 Å². The van der Waals surface area contributed by atoms with Crippen LogP contribution in [0.15, 0.2) is 18.2 Å². The number of rotatable bonds is 4. The summed E-state index contributed by atoms with van der Waals surface area (Å²) in [6, 6.07) is 6.81. The molecule has 1 atom stereocenters. The van der Waals surface area contributed by atoms with Gasteiger partial charge in [-0.25, -0.2) is 4.39 Å². The number of hydrogen-bond acceptors (Lipinski definition) is 2. The summed E-state index contributed by atoms with van der Waals surface area (Å²) in [5.41, 5.74) is 3.66. The highest BCUT2D eigenvalue weighted by atomic mass is 19.1. The fourth-order valence-corrected chi connectivity index (χ4v) is 3.69. The van der Waals surface area contributed by atoms with Crippen molar-refractivity contribution in [3.63, 3.8) is 0 Å². The molecule has 2 aromatic heterocycles. The molecule has 5 heteroatoms. The maximum atomic E-state index is 12.7. The lowest BCUT2D eigenvalue weighted by atomic mass is 9.91. The molecule has 0 aromatic carbocycles. The summed E-state index contributed by atoms with van der Waals surface area (Å²) in [7, 11) is 0. The van der Waals surface area contributed by atoms with Gasteiger partial charge in [0, 0.05) is 48.2 Å². The maximum Gasteiger partial charge on any atom is 0.159 e. The molecule has 0 bridgehead atoms. The molecule has 3 heterocycles. The second-order valence-corrected chi connectivity index (χ2v) is 7.97. The van der Waals surface area contributed by atoms with E-state index >= 15 is 0 Å². The molecule has 4 nitrogen and oxygen atoms in total. The van der Waals surface area contributed by atoms with Gasteiger partial charge in [0.25, 0.3) is 0 Å². The van der Waals surface area contributed by atoms with E-state index in [9.17, 15) is 4.39 Å². The van der Waals surface area contributed by atoms with Gasteiger partial charge in [0.05, 0.1) is 6.04 Å². The number of nitrogens with zero attached hydrogens (tertiary/aromatic N) is 4. The third kappa shape index (κ3) is 3.14. The zero-order valence-electron chi connectivity index (χ0n) is 15.5. The van der Waals surface area contributed by atoms with Crippen LogP contribution in [0.2, 0.25) is 0 Å². The van der Waals surface area contributed by atoms with Gasteiger partial charge < -0.3 is 4.57 Å². The lowest BCUT2D eigenvalue weighted by Gasteiger charge is -2.23. The minimum atomic E-state index is -0.273. The average molecular weight is 332 g/mol. The van der Waals surface area contributed by atoms with Crippen molar-refractivity contribution < 1.29 is 4.39 Å². The number of alkyl halides is 1. The predicted molar refractivity (Wildman–Crippen MR) is 95.8 cm³/mol. The Hall–Kier alpha value is -1.62. The lowest BCUT2D eigenvalue weighted by Crippen LogP contribution is -2.26. The Kier molecular flexibility index (Phi) is 4.56. The van der Waals surface area contributed by atoms with Crippen molar-refractivity contribution >= 4 is 0 Å². The average Bonchev–Trinajstić information content (AvgIpc) is 3.17. The van der Waals surface area contributed by atoms with Crippen LogP contribution in [-0.2, 0) is 5.41 Å². The zero-order valence-corrected chi connectivity index (χ0v) is 15.5. The molecule has 1 aliphatic heterocycles. The van der Waals surface area contributed by atoms with Crippen molar-refractivity contribution in [2.75, 3.05) is 26.3 Å². The van der Waals surface area contributed by atoms with Crippen LogP contribution in [0.4, 0.5) is 4.39 Å². The summed E-state index contributed by atoms with van der Waals surface area (Å²) >= 11 is 0. The quantitative estimate of drug-likeness (QED) is 0.851. The molecular weight excluding hydrogens is 303 g/mol. The summed E-state index contributed by atoms with van der Waals surface area (Å²) in [6.07, 6.45) is 1.04. The third-order valence-corrected chi connectivity index (χ3v) is 4.99. The molecule has 0 spiro atoms. The van der Waals surface area contributed by atoms with Gasteiger partial charge >= 0.3 is 0 Å². The van der Waals surface area contributed by atoms with Crippen molar-refractivity contribution in [2.45, 2.75) is 52.5 Å². The molecule has 0 amide bonds. The SMILES string of the molecule is Cc1ccc(C)n1-c1cc(C(C)(C)C)n([C@H]2CCN(CCF)C2)n1. The first-order chi connectivity index (χ1) is 11.3. The summed E-state index contributed by atoms with van der Waals surface area (Å²) in [5, 5.41) is 4.98. The zero-order chi connectivity index (χ0) is 17.5. The van der Waals surface area contributed by atoms with Crippen LogP contribution in [-0.4, -0.2) is 45.6 Å². The van der Waals surface area contributed by atoms with Crippen molar-refractivity contribution in [3.8, 4) is 5.82 Å². The van der Waals surface area contributed by atoms with Gasteiger partial charge in [-0.15, -0.1) is 0 Å². The molecule has 0 unspecified atom stereocenters. The standard InChI is InChI=1S/C19H29FN4/c1-14-6-7-15(2)23(14)18-12-17(19(3,4)5)24(21-18)16-8-10-22(13-16)11-9-20/h6-7,12,16H,8-11,13H2,1-5H3/t16-/m0/s1. The Labute approximate surface area is 144 Å². The van der Waals surface area contributed by atoms with E-state index in [0.717, 1.165) is 25.3 Å². The first kappa shape index (κ1) is 17.2. The number of aryl methyl sites for hydroxylation is 2. The normalized spacial score (nSPS) is 19.3. The Bertz CT molecular complexity index is 688. The van der Waals surface area contributed by atoms with E-state index in [1.54, 1.807) is 0 Å². The van der Waals surface area contributed by atoms with Crippen molar-refractivity contribution in [2.24, 2.45) is 0 Å². The Morgan fingerprint density at radius 3 is 2.46 bits per heavy atom.